The molecule has 0 unspecified atom stereocenters. The van der Waals surface area contributed by atoms with E-state index < -0.39 is 0 Å². The average Bonchev–Trinajstić information content (AvgIpc) is 2.46. The zero-order chi connectivity index (χ0) is 12.8. The third kappa shape index (κ3) is 3.04. The van der Waals surface area contributed by atoms with Crippen LogP contribution in [0.3, 0.4) is 0 Å². The molecule has 0 radical (unpaired) electrons. The van der Waals surface area contributed by atoms with E-state index in [1.54, 1.807) is 18.3 Å². The Bertz CT molecular complexity index is 512. The van der Waals surface area contributed by atoms with Crippen LogP contribution in [0.15, 0.2) is 42.9 Å². The van der Waals surface area contributed by atoms with Gasteiger partial charge in [0.1, 0.15) is 6.33 Å². The van der Waals surface area contributed by atoms with Crippen molar-refractivity contribution in [2.24, 2.45) is 0 Å². The number of nitrogens with zero attached hydrogens (tertiary/aromatic N) is 2. The first-order valence-corrected chi connectivity index (χ1v) is 5.47. The quantitative estimate of drug-likeness (QED) is 0.830. The van der Waals surface area contributed by atoms with Crippen LogP contribution in [0.5, 0.6) is 0 Å². The minimum Gasteiger partial charge on any atom is -0.465 e. The van der Waals surface area contributed by atoms with Crippen LogP contribution in [-0.2, 0) is 11.3 Å². The van der Waals surface area contributed by atoms with Crippen LogP contribution in [0, 0.1) is 0 Å². The van der Waals surface area contributed by atoms with Crippen LogP contribution >= 0.6 is 0 Å². The molecule has 0 bridgehead atoms. The molecule has 1 N–H and O–H groups in total. The number of carbonyl (C=O) groups excluding carboxylic acids is 1. The van der Waals surface area contributed by atoms with Gasteiger partial charge in [0.05, 0.1) is 24.9 Å². The monoisotopic (exact) mass is 243 g/mol. The SMILES string of the molecule is COC(=O)c1ccc(NCc2ccncn2)cc1. The predicted octanol–water partition coefficient (Wildman–Crippen LogP) is 1.88. The number of hydrogen-bond acceptors (Lipinski definition) is 5. The van der Waals surface area contributed by atoms with E-state index in [0.29, 0.717) is 12.1 Å². The fourth-order valence-electron chi connectivity index (χ4n) is 1.46. The molecule has 0 fully saturated rings. The molecule has 1 aromatic carbocycles. The van der Waals surface area contributed by atoms with Crippen molar-refractivity contribution in [3.8, 4) is 0 Å². The van der Waals surface area contributed by atoms with E-state index in [2.05, 4.69) is 20.0 Å². The molecule has 1 aromatic heterocycles. The van der Waals surface area contributed by atoms with Crippen LogP contribution in [0.4, 0.5) is 5.69 Å². The molecular weight excluding hydrogens is 230 g/mol. The summed E-state index contributed by atoms with van der Waals surface area (Å²) in [5.41, 5.74) is 2.35. The van der Waals surface area contributed by atoms with E-state index in [1.807, 2.05) is 18.2 Å². The van der Waals surface area contributed by atoms with Gasteiger partial charge in [-0.2, -0.15) is 0 Å². The molecule has 0 aliphatic heterocycles. The van der Waals surface area contributed by atoms with Crippen LogP contribution in [-0.4, -0.2) is 23.0 Å². The smallest absolute Gasteiger partial charge is 0.337 e. The number of anilines is 1. The van der Waals surface area contributed by atoms with Gasteiger partial charge >= 0.3 is 5.97 Å². The third-order valence-corrected chi connectivity index (χ3v) is 2.42. The molecule has 0 atom stereocenters. The second-order valence-electron chi connectivity index (χ2n) is 3.62. The lowest BCUT2D eigenvalue weighted by Crippen LogP contribution is -2.03. The van der Waals surface area contributed by atoms with Gasteiger partial charge in [0.25, 0.3) is 0 Å². The minimum atomic E-state index is -0.336. The standard InChI is InChI=1S/C13H13N3O2/c1-18-13(17)10-2-4-11(5-3-10)15-8-12-6-7-14-9-16-12/h2-7,9,15H,8H2,1H3. The van der Waals surface area contributed by atoms with Crippen LogP contribution in [0.2, 0.25) is 0 Å². The Hall–Kier alpha value is -2.43. The van der Waals surface area contributed by atoms with Gasteiger partial charge in [-0.25, -0.2) is 14.8 Å². The highest BCUT2D eigenvalue weighted by Gasteiger charge is 2.03. The zero-order valence-corrected chi connectivity index (χ0v) is 9.96. The van der Waals surface area contributed by atoms with Gasteiger partial charge in [-0.1, -0.05) is 0 Å². The van der Waals surface area contributed by atoms with Crippen molar-refractivity contribution in [3.63, 3.8) is 0 Å². The number of hydrogen-bond donors (Lipinski definition) is 1. The number of rotatable bonds is 4. The van der Waals surface area contributed by atoms with Crippen molar-refractivity contribution in [1.29, 1.82) is 0 Å². The van der Waals surface area contributed by atoms with E-state index in [-0.39, 0.29) is 5.97 Å². The van der Waals surface area contributed by atoms with Crippen molar-refractivity contribution < 1.29 is 9.53 Å². The summed E-state index contributed by atoms with van der Waals surface area (Å²) in [6.45, 7) is 0.611. The van der Waals surface area contributed by atoms with Gasteiger partial charge in [0.15, 0.2) is 0 Å². The summed E-state index contributed by atoms with van der Waals surface area (Å²) < 4.78 is 4.63. The summed E-state index contributed by atoms with van der Waals surface area (Å²) >= 11 is 0. The Morgan fingerprint density at radius 3 is 2.67 bits per heavy atom. The maximum atomic E-state index is 11.2. The Labute approximate surface area is 105 Å². The molecule has 5 nitrogen and oxygen atoms in total. The van der Waals surface area contributed by atoms with E-state index in [0.717, 1.165) is 11.4 Å². The van der Waals surface area contributed by atoms with Gasteiger partial charge < -0.3 is 10.1 Å². The molecule has 0 saturated carbocycles. The number of carbonyl (C=O) groups is 1. The summed E-state index contributed by atoms with van der Waals surface area (Å²) in [5.74, 6) is -0.336. The Morgan fingerprint density at radius 2 is 2.06 bits per heavy atom. The number of ether oxygens (including phenoxy) is 1. The minimum absolute atomic E-state index is 0.336. The number of nitrogens with one attached hydrogen (secondary N) is 1. The van der Waals surface area contributed by atoms with Gasteiger partial charge in [0, 0.05) is 11.9 Å². The molecule has 0 aliphatic rings. The molecule has 2 aromatic rings. The van der Waals surface area contributed by atoms with Crippen molar-refractivity contribution >= 4 is 11.7 Å². The van der Waals surface area contributed by atoms with Crippen LogP contribution in [0.1, 0.15) is 16.1 Å². The first-order valence-electron chi connectivity index (χ1n) is 5.47. The van der Waals surface area contributed by atoms with Crippen molar-refractivity contribution in [1.82, 2.24) is 9.97 Å². The van der Waals surface area contributed by atoms with E-state index in [9.17, 15) is 4.79 Å². The second kappa shape index (κ2) is 5.77. The largest absolute Gasteiger partial charge is 0.465 e. The van der Waals surface area contributed by atoms with E-state index in [1.165, 1.54) is 13.4 Å². The molecule has 2 rings (SSSR count). The predicted molar refractivity (Wildman–Crippen MR) is 67.1 cm³/mol. The van der Waals surface area contributed by atoms with Crippen molar-refractivity contribution in [3.05, 3.63) is 54.1 Å². The zero-order valence-electron chi connectivity index (χ0n) is 9.96. The van der Waals surface area contributed by atoms with Crippen LogP contribution < -0.4 is 5.32 Å². The maximum absolute atomic E-state index is 11.2. The fourth-order valence-corrected chi connectivity index (χ4v) is 1.46. The molecule has 18 heavy (non-hydrogen) atoms. The molecule has 92 valence electrons. The Balaban J connectivity index is 1.97. The highest BCUT2D eigenvalue weighted by molar-refractivity contribution is 5.89. The summed E-state index contributed by atoms with van der Waals surface area (Å²) in [4.78, 5) is 19.2. The summed E-state index contributed by atoms with van der Waals surface area (Å²) in [6, 6.07) is 8.93. The lowest BCUT2D eigenvalue weighted by Gasteiger charge is -2.06. The lowest BCUT2D eigenvalue weighted by molar-refractivity contribution is 0.0601. The van der Waals surface area contributed by atoms with Crippen LogP contribution in [0.25, 0.3) is 0 Å². The first kappa shape index (κ1) is 12.0. The van der Waals surface area contributed by atoms with Gasteiger partial charge in [-0.05, 0) is 30.3 Å². The third-order valence-electron chi connectivity index (χ3n) is 2.42. The number of esters is 1. The fraction of sp³-hybridized carbons (Fsp3) is 0.154. The van der Waals surface area contributed by atoms with E-state index >= 15 is 0 Å². The molecule has 0 spiro atoms. The molecule has 5 heteroatoms. The summed E-state index contributed by atoms with van der Waals surface area (Å²) in [6.07, 6.45) is 3.21. The first-order chi connectivity index (χ1) is 8.79. The number of benzene rings is 1. The normalized spacial score (nSPS) is 9.83. The summed E-state index contributed by atoms with van der Waals surface area (Å²) in [5, 5.41) is 3.20. The van der Waals surface area contributed by atoms with Crippen molar-refractivity contribution in [2.75, 3.05) is 12.4 Å². The Morgan fingerprint density at radius 1 is 1.28 bits per heavy atom. The van der Waals surface area contributed by atoms with Gasteiger partial charge in [-0.3, -0.25) is 0 Å². The molecule has 0 saturated heterocycles. The van der Waals surface area contributed by atoms with Gasteiger partial charge in [-0.15, -0.1) is 0 Å². The van der Waals surface area contributed by atoms with Gasteiger partial charge in [0.2, 0.25) is 0 Å². The molecule has 0 aliphatic carbocycles. The molecule has 1 heterocycles. The topological polar surface area (TPSA) is 64.1 Å². The highest BCUT2D eigenvalue weighted by Crippen LogP contribution is 2.11. The average molecular weight is 243 g/mol. The van der Waals surface area contributed by atoms with Crippen molar-refractivity contribution in [2.45, 2.75) is 6.54 Å². The Kier molecular flexibility index (Phi) is 3.86. The summed E-state index contributed by atoms with van der Waals surface area (Å²) in [7, 11) is 1.36. The van der Waals surface area contributed by atoms with E-state index in [4.69, 9.17) is 0 Å². The number of methoxy groups -OCH3 is 1. The molecule has 0 amide bonds. The second-order valence-corrected chi connectivity index (χ2v) is 3.62. The lowest BCUT2D eigenvalue weighted by atomic mass is 10.2. The number of aromatic nitrogens is 2. The maximum Gasteiger partial charge on any atom is 0.337 e. The molecular formula is C13H13N3O2. The highest BCUT2D eigenvalue weighted by atomic mass is 16.5.